The van der Waals surface area contributed by atoms with Crippen LogP contribution < -0.4 is 0 Å². The lowest BCUT2D eigenvalue weighted by molar-refractivity contribution is -0.130. The monoisotopic (exact) mass is 364 g/mol. The van der Waals surface area contributed by atoms with E-state index in [2.05, 4.69) is 0 Å². The second kappa shape index (κ2) is 7.76. The van der Waals surface area contributed by atoms with E-state index in [-0.39, 0.29) is 18.0 Å². The number of aryl methyl sites for hydroxylation is 1. The minimum atomic E-state index is -3.75. The molecular weight excluding hydrogens is 343 g/mol. The molecule has 0 saturated heterocycles. The Labute approximate surface area is 147 Å². The lowest BCUT2D eigenvalue weighted by atomic mass is 10.2. The number of nitrogens with zero attached hydrogens (tertiary/aromatic N) is 2. The highest BCUT2D eigenvalue weighted by Crippen LogP contribution is 2.15. The highest BCUT2D eigenvalue weighted by atomic mass is 32.2. The molecule has 0 unspecified atom stereocenters. The van der Waals surface area contributed by atoms with Gasteiger partial charge >= 0.3 is 0 Å². The van der Waals surface area contributed by atoms with E-state index in [0.29, 0.717) is 5.56 Å². The molecule has 0 fully saturated rings. The predicted molar refractivity (Wildman–Crippen MR) is 93.9 cm³/mol. The number of rotatable bonds is 6. The van der Waals surface area contributed by atoms with Gasteiger partial charge in [0.15, 0.2) is 0 Å². The number of hydrogen-bond donors (Lipinski definition) is 0. The van der Waals surface area contributed by atoms with Crippen LogP contribution >= 0.6 is 0 Å². The number of likely N-dealkylation sites (N-methyl/N-ethyl adjacent to an activating group) is 2. The van der Waals surface area contributed by atoms with E-state index in [1.807, 2.05) is 6.92 Å². The number of halogens is 1. The number of sulfonamides is 1. The summed E-state index contributed by atoms with van der Waals surface area (Å²) in [6, 6.07) is 12.6. The molecule has 0 atom stereocenters. The summed E-state index contributed by atoms with van der Waals surface area (Å²) < 4.78 is 39.7. The Kier molecular flexibility index (Phi) is 5.92. The molecule has 25 heavy (non-hydrogen) atoms. The summed E-state index contributed by atoms with van der Waals surface area (Å²) in [5.41, 5.74) is 1.32. The smallest absolute Gasteiger partial charge is 0.243 e. The number of benzene rings is 2. The van der Waals surface area contributed by atoms with Gasteiger partial charge in [-0.2, -0.15) is 4.31 Å². The van der Waals surface area contributed by atoms with Crippen LogP contribution in [0, 0.1) is 12.7 Å². The molecule has 0 radical (unpaired) electrons. The molecule has 1 amide bonds. The molecule has 0 aromatic heterocycles. The third-order valence-corrected chi connectivity index (χ3v) is 5.70. The van der Waals surface area contributed by atoms with E-state index in [0.717, 1.165) is 9.87 Å². The fourth-order valence-electron chi connectivity index (χ4n) is 2.26. The Bertz CT molecular complexity index is 851. The Hall–Kier alpha value is -2.25. The van der Waals surface area contributed by atoms with Crippen molar-refractivity contribution in [2.75, 3.05) is 20.6 Å². The molecule has 0 aliphatic carbocycles. The zero-order valence-corrected chi connectivity index (χ0v) is 15.3. The van der Waals surface area contributed by atoms with Crippen LogP contribution in [0.1, 0.15) is 11.1 Å². The second-order valence-corrected chi connectivity index (χ2v) is 7.96. The normalized spacial score (nSPS) is 11.6. The van der Waals surface area contributed by atoms with E-state index < -0.39 is 21.7 Å². The van der Waals surface area contributed by atoms with Crippen LogP contribution in [0.15, 0.2) is 53.4 Å². The van der Waals surface area contributed by atoms with Gasteiger partial charge in [0, 0.05) is 26.2 Å². The fraction of sp³-hybridized carbons (Fsp3) is 0.278. The van der Waals surface area contributed by atoms with Crippen LogP contribution in [-0.4, -0.2) is 44.2 Å². The van der Waals surface area contributed by atoms with Gasteiger partial charge in [-0.15, -0.1) is 0 Å². The highest BCUT2D eigenvalue weighted by molar-refractivity contribution is 7.89. The van der Waals surface area contributed by atoms with Crippen molar-refractivity contribution < 1.29 is 17.6 Å². The van der Waals surface area contributed by atoms with Crippen molar-refractivity contribution in [2.24, 2.45) is 0 Å². The van der Waals surface area contributed by atoms with Crippen LogP contribution in [0.5, 0.6) is 0 Å². The third-order valence-electron chi connectivity index (χ3n) is 3.88. The van der Waals surface area contributed by atoms with Crippen molar-refractivity contribution in [3.63, 3.8) is 0 Å². The minimum absolute atomic E-state index is 0.0733. The van der Waals surface area contributed by atoms with Gasteiger partial charge < -0.3 is 4.90 Å². The van der Waals surface area contributed by atoms with Gasteiger partial charge in [0.1, 0.15) is 5.82 Å². The number of carbonyl (C=O) groups excluding carboxylic acids is 1. The van der Waals surface area contributed by atoms with Crippen molar-refractivity contribution in [3.05, 3.63) is 65.5 Å². The fourth-order valence-corrected chi connectivity index (χ4v) is 3.38. The third kappa shape index (κ3) is 4.64. The van der Waals surface area contributed by atoms with E-state index in [4.69, 9.17) is 0 Å². The van der Waals surface area contributed by atoms with Crippen molar-refractivity contribution in [1.29, 1.82) is 0 Å². The summed E-state index contributed by atoms with van der Waals surface area (Å²) in [5.74, 6) is -0.816. The maximum atomic E-state index is 13.7. The minimum Gasteiger partial charge on any atom is -0.340 e. The quantitative estimate of drug-likeness (QED) is 0.791. The molecule has 0 spiro atoms. The lowest BCUT2D eigenvalue weighted by Crippen LogP contribution is -2.39. The molecule has 0 bridgehead atoms. The van der Waals surface area contributed by atoms with Gasteiger partial charge in [-0.1, -0.05) is 35.9 Å². The van der Waals surface area contributed by atoms with Gasteiger partial charge in [0.2, 0.25) is 15.9 Å². The summed E-state index contributed by atoms with van der Waals surface area (Å²) in [6.07, 6.45) is 0. The molecule has 0 aliphatic heterocycles. The molecule has 0 aliphatic rings. The van der Waals surface area contributed by atoms with Gasteiger partial charge in [0.25, 0.3) is 0 Å². The van der Waals surface area contributed by atoms with E-state index >= 15 is 0 Å². The molecule has 0 N–H and O–H groups in total. The van der Waals surface area contributed by atoms with Gasteiger partial charge in [-0.05, 0) is 25.1 Å². The predicted octanol–water partition coefficient (Wildman–Crippen LogP) is 2.41. The molecule has 134 valence electrons. The number of carbonyl (C=O) groups is 1. The highest BCUT2D eigenvalue weighted by Gasteiger charge is 2.24. The SMILES string of the molecule is Cc1ccc(S(=O)(=O)N(C)CC(=O)N(C)Cc2ccccc2F)cc1. The van der Waals surface area contributed by atoms with Crippen LogP contribution in [-0.2, 0) is 21.4 Å². The van der Waals surface area contributed by atoms with E-state index in [9.17, 15) is 17.6 Å². The number of amides is 1. The first-order valence-electron chi connectivity index (χ1n) is 7.72. The van der Waals surface area contributed by atoms with Gasteiger partial charge in [-0.25, -0.2) is 12.8 Å². The van der Waals surface area contributed by atoms with Gasteiger partial charge in [-0.3, -0.25) is 4.79 Å². The first kappa shape index (κ1) is 19.1. The Morgan fingerprint density at radius 1 is 1.04 bits per heavy atom. The van der Waals surface area contributed by atoms with Crippen molar-refractivity contribution >= 4 is 15.9 Å². The van der Waals surface area contributed by atoms with Crippen LogP contribution in [0.2, 0.25) is 0 Å². The molecular formula is C18H21FN2O3S. The molecule has 0 saturated carbocycles. The molecule has 7 heteroatoms. The molecule has 2 aromatic carbocycles. The lowest BCUT2D eigenvalue weighted by Gasteiger charge is -2.22. The standard InChI is InChI=1S/C18H21FN2O3S/c1-14-8-10-16(11-9-14)25(23,24)21(3)13-18(22)20(2)12-15-6-4-5-7-17(15)19/h4-11H,12-13H2,1-3H3. The molecule has 2 rings (SSSR count). The molecule has 5 nitrogen and oxygen atoms in total. The average molecular weight is 364 g/mol. The van der Waals surface area contributed by atoms with Crippen LogP contribution in [0.3, 0.4) is 0 Å². The first-order chi connectivity index (χ1) is 11.7. The maximum absolute atomic E-state index is 13.7. The van der Waals surface area contributed by atoms with E-state index in [1.165, 1.54) is 37.2 Å². The topological polar surface area (TPSA) is 57.7 Å². The summed E-state index contributed by atoms with van der Waals surface area (Å²) in [6.45, 7) is 1.62. The van der Waals surface area contributed by atoms with Crippen molar-refractivity contribution in [2.45, 2.75) is 18.4 Å². The zero-order chi connectivity index (χ0) is 18.6. The molecule has 2 aromatic rings. The van der Waals surface area contributed by atoms with E-state index in [1.54, 1.807) is 30.3 Å². The second-order valence-electron chi connectivity index (χ2n) is 5.92. The summed E-state index contributed by atoms with van der Waals surface area (Å²) >= 11 is 0. The maximum Gasteiger partial charge on any atom is 0.243 e. The largest absolute Gasteiger partial charge is 0.340 e. The summed E-state index contributed by atoms with van der Waals surface area (Å²) in [7, 11) is -0.887. The molecule has 0 heterocycles. The number of hydrogen-bond acceptors (Lipinski definition) is 3. The first-order valence-corrected chi connectivity index (χ1v) is 9.16. The van der Waals surface area contributed by atoms with Gasteiger partial charge in [0.05, 0.1) is 11.4 Å². The Balaban J connectivity index is 2.06. The zero-order valence-electron chi connectivity index (χ0n) is 14.4. The van der Waals surface area contributed by atoms with Crippen molar-refractivity contribution in [3.8, 4) is 0 Å². The summed E-state index contributed by atoms with van der Waals surface area (Å²) in [5, 5.41) is 0. The van der Waals surface area contributed by atoms with Crippen molar-refractivity contribution in [1.82, 2.24) is 9.21 Å². The summed E-state index contributed by atoms with van der Waals surface area (Å²) in [4.78, 5) is 13.7. The Morgan fingerprint density at radius 3 is 2.24 bits per heavy atom. The average Bonchev–Trinajstić information content (AvgIpc) is 2.57. The van der Waals surface area contributed by atoms with Crippen LogP contribution in [0.4, 0.5) is 4.39 Å². The van der Waals surface area contributed by atoms with Crippen LogP contribution in [0.25, 0.3) is 0 Å². The Morgan fingerprint density at radius 2 is 1.64 bits per heavy atom.